The molecule has 0 saturated carbocycles. The number of aliphatic carboxylic acids is 1. The number of hydrogen-bond donors (Lipinski definition) is 1. The van der Waals surface area contributed by atoms with E-state index in [1.165, 1.54) is 6.92 Å². The summed E-state index contributed by atoms with van der Waals surface area (Å²) < 4.78 is 8.97. The standard InChI is InChI=1S/C8H12O6/c1-5(9)13-4-3-7(8(11)12)14-6(2)10/h7H,3-4H2,1-2H3,(H,11,12)/t7-/m1/s1. The third kappa shape index (κ3) is 5.99. The van der Waals surface area contributed by atoms with Gasteiger partial charge in [-0.2, -0.15) is 0 Å². The first-order valence-electron chi connectivity index (χ1n) is 3.97. The highest BCUT2D eigenvalue weighted by molar-refractivity contribution is 5.76. The molecule has 0 amide bonds. The minimum Gasteiger partial charge on any atom is -0.479 e. The minimum absolute atomic E-state index is 0.0471. The zero-order valence-corrected chi connectivity index (χ0v) is 7.98. The van der Waals surface area contributed by atoms with Gasteiger partial charge in [0.05, 0.1) is 6.61 Å². The second-order valence-corrected chi connectivity index (χ2v) is 2.57. The molecule has 0 fully saturated rings. The van der Waals surface area contributed by atoms with Crippen molar-refractivity contribution in [3.8, 4) is 0 Å². The lowest BCUT2D eigenvalue weighted by atomic mass is 10.2. The highest BCUT2D eigenvalue weighted by Crippen LogP contribution is 2.00. The quantitative estimate of drug-likeness (QED) is 0.632. The molecule has 0 radical (unpaired) electrons. The van der Waals surface area contributed by atoms with Crippen LogP contribution in [0.15, 0.2) is 0 Å². The van der Waals surface area contributed by atoms with Crippen molar-refractivity contribution in [3.63, 3.8) is 0 Å². The van der Waals surface area contributed by atoms with E-state index < -0.39 is 24.0 Å². The van der Waals surface area contributed by atoms with Crippen LogP contribution in [0.5, 0.6) is 0 Å². The molecule has 0 aliphatic carbocycles. The van der Waals surface area contributed by atoms with Crippen LogP contribution < -0.4 is 0 Å². The molecule has 0 aliphatic rings. The molecule has 0 saturated heterocycles. The highest BCUT2D eigenvalue weighted by Gasteiger charge is 2.20. The van der Waals surface area contributed by atoms with E-state index in [4.69, 9.17) is 5.11 Å². The Hall–Kier alpha value is -1.59. The maximum atomic E-state index is 10.5. The number of carboxylic acids is 1. The van der Waals surface area contributed by atoms with Crippen LogP contribution in [0.25, 0.3) is 0 Å². The summed E-state index contributed by atoms with van der Waals surface area (Å²) in [5.74, 6) is -2.44. The van der Waals surface area contributed by atoms with Gasteiger partial charge in [-0.3, -0.25) is 9.59 Å². The molecule has 14 heavy (non-hydrogen) atoms. The van der Waals surface area contributed by atoms with Crippen LogP contribution in [0, 0.1) is 0 Å². The van der Waals surface area contributed by atoms with E-state index in [-0.39, 0.29) is 13.0 Å². The van der Waals surface area contributed by atoms with Crippen molar-refractivity contribution >= 4 is 17.9 Å². The fourth-order valence-corrected chi connectivity index (χ4v) is 0.743. The van der Waals surface area contributed by atoms with Crippen LogP contribution >= 0.6 is 0 Å². The summed E-state index contributed by atoms with van der Waals surface area (Å²) in [7, 11) is 0. The molecule has 0 bridgehead atoms. The molecule has 0 spiro atoms. The van der Waals surface area contributed by atoms with Gasteiger partial charge < -0.3 is 14.6 Å². The SMILES string of the molecule is CC(=O)OCC[C@@H](OC(C)=O)C(=O)O. The summed E-state index contributed by atoms with van der Waals surface area (Å²) in [4.78, 5) is 31.3. The van der Waals surface area contributed by atoms with Gasteiger partial charge in [0.2, 0.25) is 6.10 Å². The molecule has 0 aromatic heterocycles. The van der Waals surface area contributed by atoms with Gasteiger partial charge >= 0.3 is 17.9 Å². The first-order chi connectivity index (χ1) is 6.43. The maximum absolute atomic E-state index is 10.5. The van der Waals surface area contributed by atoms with Gasteiger partial charge in [0.1, 0.15) is 0 Å². The van der Waals surface area contributed by atoms with E-state index >= 15 is 0 Å². The molecule has 80 valence electrons. The van der Waals surface area contributed by atoms with E-state index in [0.717, 1.165) is 6.92 Å². The summed E-state index contributed by atoms with van der Waals surface area (Å²) in [5, 5.41) is 8.57. The first-order valence-corrected chi connectivity index (χ1v) is 3.97. The third-order valence-electron chi connectivity index (χ3n) is 1.27. The van der Waals surface area contributed by atoms with Crippen LogP contribution in [0.1, 0.15) is 20.3 Å². The van der Waals surface area contributed by atoms with Crippen LogP contribution in [-0.4, -0.2) is 35.7 Å². The van der Waals surface area contributed by atoms with E-state index in [2.05, 4.69) is 9.47 Å². The molecule has 0 unspecified atom stereocenters. The van der Waals surface area contributed by atoms with Crippen molar-refractivity contribution in [2.24, 2.45) is 0 Å². The summed E-state index contributed by atoms with van der Waals surface area (Å²) in [6.45, 7) is 2.24. The Morgan fingerprint density at radius 2 is 1.79 bits per heavy atom. The lowest BCUT2D eigenvalue weighted by molar-refractivity contribution is -0.164. The largest absolute Gasteiger partial charge is 0.479 e. The molecule has 1 atom stereocenters. The van der Waals surface area contributed by atoms with E-state index in [1.54, 1.807) is 0 Å². The van der Waals surface area contributed by atoms with Crippen molar-refractivity contribution < 1.29 is 29.0 Å². The first kappa shape index (κ1) is 12.4. The lowest BCUT2D eigenvalue weighted by Crippen LogP contribution is -2.27. The molecule has 0 aromatic rings. The van der Waals surface area contributed by atoms with E-state index in [1.807, 2.05) is 0 Å². The number of rotatable bonds is 5. The van der Waals surface area contributed by atoms with Crippen LogP contribution in [-0.2, 0) is 23.9 Å². The van der Waals surface area contributed by atoms with Gasteiger partial charge in [0, 0.05) is 20.3 Å². The third-order valence-corrected chi connectivity index (χ3v) is 1.27. The summed E-state index contributed by atoms with van der Waals surface area (Å²) >= 11 is 0. The van der Waals surface area contributed by atoms with Gasteiger partial charge in [-0.15, -0.1) is 0 Å². The Bertz CT molecular complexity index is 234. The van der Waals surface area contributed by atoms with E-state index in [9.17, 15) is 14.4 Å². The summed E-state index contributed by atoms with van der Waals surface area (Å²) in [6.07, 6.45) is -1.30. The molecule has 0 aromatic carbocycles. The van der Waals surface area contributed by atoms with Gasteiger partial charge in [-0.25, -0.2) is 4.79 Å². The predicted molar refractivity (Wildman–Crippen MR) is 44.4 cm³/mol. The predicted octanol–water partition coefficient (Wildman–Crippen LogP) is -0.0441. The Balaban J connectivity index is 3.91. The number of carbonyl (C=O) groups excluding carboxylic acids is 2. The molecule has 0 rings (SSSR count). The Kier molecular flexibility index (Phi) is 5.28. The summed E-state index contributed by atoms with van der Waals surface area (Å²) in [5.41, 5.74) is 0. The van der Waals surface area contributed by atoms with Gasteiger partial charge in [0.25, 0.3) is 0 Å². The van der Waals surface area contributed by atoms with Gasteiger partial charge in [-0.05, 0) is 0 Å². The second-order valence-electron chi connectivity index (χ2n) is 2.57. The number of hydrogen-bond acceptors (Lipinski definition) is 5. The molecule has 0 aliphatic heterocycles. The molecule has 6 nitrogen and oxygen atoms in total. The van der Waals surface area contributed by atoms with Crippen LogP contribution in [0.2, 0.25) is 0 Å². The van der Waals surface area contributed by atoms with Crippen molar-refractivity contribution in [3.05, 3.63) is 0 Å². The van der Waals surface area contributed by atoms with Crippen molar-refractivity contribution in [1.82, 2.24) is 0 Å². The van der Waals surface area contributed by atoms with Crippen molar-refractivity contribution in [2.75, 3.05) is 6.61 Å². The summed E-state index contributed by atoms with van der Waals surface area (Å²) in [6, 6.07) is 0. The Labute approximate surface area is 80.8 Å². The minimum atomic E-state index is -1.26. The van der Waals surface area contributed by atoms with Gasteiger partial charge in [-0.1, -0.05) is 0 Å². The lowest BCUT2D eigenvalue weighted by Gasteiger charge is -2.11. The molecule has 0 heterocycles. The zero-order chi connectivity index (χ0) is 11.1. The molecule has 6 heteroatoms. The topological polar surface area (TPSA) is 89.9 Å². The van der Waals surface area contributed by atoms with Gasteiger partial charge in [0.15, 0.2) is 0 Å². The van der Waals surface area contributed by atoms with Crippen molar-refractivity contribution in [2.45, 2.75) is 26.4 Å². The highest BCUT2D eigenvalue weighted by atomic mass is 16.6. The van der Waals surface area contributed by atoms with E-state index in [0.29, 0.717) is 0 Å². The Morgan fingerprint density at radius 1 is 1.21 bits per heavy atom. The monoisotopic (exact) mass is 204 g/mol. The fraction of sp³-hybridized carbons (Fsp3) is 0.625. The molecule has 1 N–H and O–H groups in total. The molecular formula is C8H12O6. The average Bonchev–Trinajstić information content (AvgIpc) is 2.00. The number of carbonyl (C=O) groups is 3. The Morgan fingerprint density at radius 3 is 2.14 bits per heavy atom. The van der Waals surface area contributed by atoms with Crippen LogP contribution in [0.3, 0.4) is 0 Å². The number of ether oxygens (including phenoxy) is 2. The molecular weight excluding hydrogens is 192 g/mol. The normalized spacial score (nSPS) is 11.6. The average molecular weight is 204 g/mol. The second kappa shape index (κ2) is 5.95. The maximum Gasteiger partial charge on any atom is 0.345 e. The number of esters is 2. The van der Waals surface area contributed by atoms with Crippen LogP contribution in [0.4, 0.5) is 0 Å². The fourth-order valence-electron chi connectivity index (χ4n) is 0.743. The zero-order valence-electron chi connectivity index (χ0n) is 7.98. The van der Waals surface area contributed by atoms with Crippen molar-refractivity contribution in [1.29, 1.82) is 0 Å². The number of carboxylic acid groups (broad SMARTS) is 1. The smallest absolute Gasteiger partial charge is 0.345 e.